The number of imidazole rings is 1. The molecular weight excluding hydrogens is 248 g/mol. The molecule has 0 unspecified atom stereocenters. The Balaban J connectivity index is 1.81. The van der Waals surface area contributed by atoms with Crippen LogP contribution in [0.25, 0.3) is 0 Å². The van der Waals surface area contributed by atoms with E-state index in [-0.39, 0.29) is 6.42 Å². The van der Waals surface area contributed by atoms with Crippen LogP contribution in [0.1, 0.15) is 5.56 Å². The third-order valence-corrected chi connectivity index (χ3v) is 3.45. The summed E-state index contributed by atoms with van der Waals surface area (Å²) >= 11 is 1.75. The van der Waals surface area contributed by atoms with E-state index in [1.165, 1.54) is 0 Å². The van der Waals surface area contributed by atoms with Crippen LogP contribution in [0.2, 0.25) is 0 Å². The Labute approximate surface area is 110 Å². The highest BCUT2D eigenvalue weighted by Gasteiger charge is 2.00. The molecule has 1 heterocycles. The van der Waals surface area contributed by atoms with Crippen molar-refractivity contribution in [2.45, 2.75) is 17.9 Å². The summed E-state index contributed by atoms with van der Waals surface area (Å²) < 4.78 is 2.03. The number of carbonyl (C=O) groups is 1. The highest BCUT2D eigenvalue weighted by molar-refractivity contribution is 7.99. The molecule has 1 aromatic carbocycles. The van der Waals surface area contributed by atoms with E-state index in [0.717, 1.165) is 22.8 Å². The van der Waals surface area contributed by atoms with Crippen molar-refractivity contribution in [3.05, 3.63) is 48.5 Å². The number of carboxylic acids is 1. The molecular formula is C13H14N2O2S. The van der Waals surface area contributed by atoms with Gasteiger partial charge in [0.2, 0.25) is 0 Å². The normalized spacial score (nSPS) is 10.4. The number of thioether (sulfide) groups is 1. The number of aliphatic carboxylic acids is 1. The molecule has 5 heteroatoms. The number of hydrogen-bond acceptors (Lipinski definition) is 3. The highest BCUT2D eigenvalue weighted by atomic mass is 32.2. The van der Waals surface area contributed by atoms with Gasteiger partial charge in [-0.3, -0.25) is 4.79 Å². The first kappa shape index (κ1) is 12.7. The van der Waals surface area contributed by atoms with E-state index in [2.05, 4.69) is 4.98 Å². The molecule has 0 spiro atoms. The number of rotatable bonds is 6. The minimum atomic E-state index is -0.796. The Hall–Kier alpha value is -1.75. The average Bonchev–Trinajstić information content (AvgIpc) is 2.84. The van der Waals surface area contributed by atoms with Crippen LogP contribution in [-0.2, 0) is 17.8 Å². The van der Waals surface area contributed by atoms with Crippen LogP contribution in [-0.4, -0.2) is 26.4 Å². The predicted octanol–water partition coefficient (Wildman–Crippen LogP) is 2.30. The van der Waals surface area contributed by atoms with E-state index in [9.17, 15) is 4.79 Å². The number of aromatic nitrogens is 2. The van der Waals surface area contributed by atoms with E-state index in [4.69, 9.17) is 5.11 Å². The van der Waals surface area contributed by atoms with Crippen LogP contribution in [0.15, 0.2) is 47.9 Å². The number of hydrogen-bond donors (Lipinski definition) is 1. The van der Waals surface area contributed by atoms with Gasteiger partial charge >= 0.3 is 5.97 Å². The van der Waals surface area contributed by atoms with Crippen molar-refractivity contribution in [2.75, 3.05) is 5.75 Å². The van der Waals surface area contributed by atoms with E-state index in [1.54, 1.807) is 24.3 Å². The SMILES string of the molecule is O=C(O)Cc1ccc(SCCn2ccnc2)cc1. The zero-order valence-corrected chi connectivity index (χ0v) is 10.6. The summed E-state index contributed by atoms with van der Waals surface area (Å²) in [5, 5.41) is 8.67. The smallest absolute Gasteiger partial charge is 0.307 e. The number of aryl methyl sites for hydroxylation is 1. The van der Waals surface area contributed by atoms with Gasteiger partial charge in [0, 0.05) is 29.6 Å². The Morgan fingerprint density at radius 1 is 1.33 bits per heavy atom. The largest absolute Gasteiger partial charge is 0.481 e. The van der Waals surface area contributed by atoms with Crippen molar-refractivity contribution < 1.29 is 9.90 Å². The summed E-state index contributed by atoms with van der Waals surface area (Å²) in [5.41, 5.74) is 0.835. The van der Waals surface area contributed by atoms with Gasteiger partial charge in [-0.25, -0.2) is 4.98 Å². The molecule has 1 aromatic heterocycles. The minimum Gasteiger partial charge on any atom is -0.481 e. The van der Waals surface area contributed by atoms with Gasteiger partial charge in [0.25, 0.3) is 0 Å². The van der Waals surface area contributed by atoms with E-state index >= 15 is 0 Å². The molecule has 0 saturated heterocycles. The van der Waals surface area contributed by atoms with Gasteiger partial charge in [0.15, 0.2) is 0 Å². The van der Waals surface area contributed by atoms with E-state index in [0.29, 0.717) is 0 Å². The molecule has 2 aromatic rings. The summed E-state index contributed by atoms with van der Waals surface area (Å²) in [7, 11) is 0. The second kappa shape index (κ2) is 6.26. The molecule has 0 aliphatic heterocycles. The van der Waals surface area contributed by atoms with Gasteiger partial charge in [-0.2, -0.15) is 0 Å². The molecule has 4 nitrogen and oxygen atoms in total. The topological polar surface area (TPSA) is 55.1 Å². The van der Waals surface area contributed by atoms with Crippen LogP contribution in [0.3, 0.4) is 0 Å². The lowest BCUT2D eigenvalue weighted by molar-refractivity contribution is -0.136. The lowest BCUT2D eigenvalue weighted by Gasteiger charge is -2.03. The maximum absolute atomic E-state index is 10.5. The van der Waals surface area contributed by atoms with Crippen LogP contribution >= 0.6 is 11.8 Å². The molecule has 1 N–H and O–H groups in total. The Bertz CT molecular complexity index is 494. The molecule has 0 saturated carbocycles. The van der Waals surface area contributed by atoms with Gasteiger partial charge in [0.05, 0.1) is 12.7 Å². The Morgan fingerprint density at radius 2 is 2.11 bits per heavy atom. The summed E-state index contributed by atoms with van der Waals surface area (Å²) in [6, 6.07) is 7.68. The summed E-state index contributed by atoms with van der Waals surface area (Å²) in [6.45, 7) is 0.918. The van der Waals surface area contributed by atoms with Gasteiger partial charge in [-0.15, -0.1) is 11.8 Å². The molecule has 0 aliphatic rings. The zero-order valence-electron chi connectivity index (χ0n) is 9.82. The van der Waals surface area contributed by atoms with Crippen molar-refractivity contribution in [1.82, 2.24) is 9.55 Å². The molecule has 2 rings (SSSR count). The van der Waals surface area contributed by atoms with E-state index in [1.807, 2.05) is 35.0 Å². The lowest BCUT2D eigenvalue weighted by atomic mass is 10.2. The fourth-order valence-electron chi connectivity index (χ4n) is 1.57. The third kappa shape index (κ3) is 3.92. The van der Waals surface area contributed by atoms with Crippen molar-refractivity contribution in [3.8, 4) is 0 Å². The average molecular weight is 262 g/mol. The maximum atomic E-state index is 10.5. The Morgan fingerprint density at radius 3 is 2.72 bits per heavy atom. The number of benzene rings is 1. The molecule has 0 bridgehead atoms. The lowest BCUT2D eigenvalue weighted by Crippen LogP contribution is -1.99. The fraction of sp³-hybridized carbons (Fsp3) is 0.231. The second-order valence-corrected chi connectivity index (χ2v) is 5.03. The van der Waals surface area contributed by atoms with Gasteiger partial charge in [0.1, 0.15) is 0 Å². The molecule has 0 radical (unpaired) electrons. The summed E-state index contributed by atoms with van der Waals surface area (Å²) in [5.74, 6) is 0.171. The first-order valence-electron chi connectivity index (χ1n) is 5.63. The highest BCUT2D eigenvalue weighted by Crippen LogP contribution is 2.18. The standard InChI is InChI=1S/C13H14N2O2S/c16-13(17)9-11-1-3-12(4-2-11)18-8-7-15-6-5-14-10-15/h1-6,10H,7-9H2,(H,16,17). The molecule has 0 fully saturated rings. The minimum absolute atomic E-state index is 0.0833. The second-order valence-electron chi connectivity index (χ2n) is 3.86. The number of nitrogens with zero attached hydrogens (tertiary/aromatic N) is 2. The van der Waals surface area contributed by atoms with Crippen LogP contribution < -0.4 is 0 Å². The van der Waals surface area contributed by atoms with Crippen molar-refractivity contribution in [3.63, 3.8) is 0 Å². The number of carboxylic acid groups (broad SMARTS) is 1. The van der Waals surface area contributed by atoms with Crippen LogP contribution in [0, 0.1) is 0 Å². The molecule has 18 heavy (non-hydrogen) atoms. The van der Waals surface area contributed by atoms with Crippen molar-refractivity contribution in [2.24, 2.45) is 0 Å². The van der Waals surface area contributed by atoms with Gasteiger partial charge in [-0.1, -0.05) is 12.1 Å². The molecule has 0 aliphatic carbocycles. The van der Waals surface area contributed by atoms with Crippen LogP contribution in [0.4, 0.5) is 0 Å². The van der Waals surface area contributed by atoms with E-state index < -0.39 is 5.97 Å². The van der Waals surface area contributed by atoms with Gasteiger partial charge < -0.3 is 9.67 Å². The fourth-order valence-corrected chi connectivity index (χ4v) is 2.43. The quantitative estimate of drug-likeness (QED) is 0.812. The third-order valence-electron chi connectivity index (χ3n) is 2.46. The maximum Gasteiger partial charge on any atom is 0.307 e. The molecule has 94 valence electrons. The monoisotopic (exact) mass is 262 g/mol. The summed E-state index contributed by atoms with van der Waals surface area (Å²) in [6.07, 6.45) is 5.60. The summed E-state index contributed by atoms with van der Waals surface area (Å²) in [4.78, 5) is 15.7. The predicted molar refractivity (Wildman–Crippen MR) is 70.7 cm³/mol. The first-order valence-corrected chi connectivity index (χ1v) is 6.62. The first-order chi connectivity index (χ1) is 8.74. The molecule has 0 atom stereocenters. The zero-order chi connectivity index (χ0) is 12.8. The Kier molecular flexibility index (Phi) is 4.41. The van der Waals surface area contributed by atoms with Gasteiger partial charge in [-0.05, 0) is 17.7 Å². The van der Waals surface area contributed by atoms with Crippen molar-refractivity contribution >= 4 is 17.7 Å². The molecule has 0 amide bonds. The van der Waals surface area contributed by atoms with Crippen LogP contribution in [0.5, 0.6) is 0 Å². The van der Waals surface area contributed by atoms with Crippen molar-refractivity contribution in [1.29, 1.82) is 0 Å².